The Morgan fingerprint density at radius 1 is 1.04 bits per heavy atom. The Bertz CT molecular complexity index is 779. The minimum absolute atomic E-state index is 0.0572. The van der Waals surface area contributed by atoms with Gasteiger partial charge in [-0.05, 0) is 47.6 Å². The summed E-state index contributed by atoms with van der Waals surface area (Å²) < 4.78 is 0. The van der Waals surface area contributed by atoms with Gasteiger partial charge in [0.2, 0.25) is 11.8 Å². The van der Waals surface area contributed by atoms with Gasteiger partial charge in [0.1, 0.15) is 0 Å². The van der Waals surface area contributed by atoms with E-state index in [9.17, 15) is 9.59 Å². The van der Waals surface area contributed by atoms with Gasteiger partial charge in [-0.15, -0.1) is 0 Å². The minimum atomic E-state index is 0.0572. The van der Waals surface area contributed by atoms with Crippen LogP contribution in [0.4, 0.5) is 5.69 Å². The van der Waals surface area contributed by atoms with Crippen LogP contribution in [0.15, 0.2) is 48.5 Å². The summed E-state index contributed by atoms with van der Waals surface area (Å²) in [6.45, 7) is 5.67. The van der Waals surface area contributed by atoms with Crippen molar-refractivity contribution in [2.75, 3.05) is 11.4 Å². The topological polar surface area (TPSA) is 49.4 Å². The number of hydrogen-bond acceptors (Lipinski definition) is 2. The van der Waals surface area contributed by atoms with E-state index < -0.39 is 0 Å². The molecule has 2 amide bonds. The van der Waals surface area contributed by atoms with Crippen molar-refractivity contribution in [3.05, 3.63) is 65.2 Å². The van der Waals surface area contributed by atoms with Gasteiger partial charge in [0.25, 0.3) is 0 Å². The van der Waals surface area contributed by atoms with E-state index in [0.29, 0.717) is 25.3 Å². The smallest absolute Gasteiger partial charge is 0.227 e. The first-order valence-corrected chi connectivity index (χ1v) is 9.78. The SMILES string of the molecule is CC(C)c1ccc(CCC(=O)NCc2ccc(N3CCCC3=O)cc2)cc1. The number of rotatable bonds is 7. The van der Waals surface area contributed by atoms with Crippen LogP contribution in [-0.2, 0) is 22.6 Å². The van der Waals surface area contributed by atoms with E-state index in [1.165, 1.54) is 11.1 Å². The largest absolute Gasteiger partial charge is 0.352 e. The minimum Gasteiger partial charge on any atom is -0.352 e. The van der Waals surface area contributed by atoms with Crippen LogP contribution in [0.1, 0.15) is 55.7 Å². The van der Waals surface area contributed by atoms with Crippen molar-refractivity contribution in [3.63, 3.8) is 0 Å². The molecule has 2 aromatic carbocycles. The van der Waals surface area contributed by atoms with Gasteiger partial charge in [-0.25, -0.2) is 0 Å². The molecular weight excluding hydrogens is 336 g/mol. The third-order valence-corrected chi connectivity index (χ3v) is 5.10. The maximum Gasteiger partial charge on any atom is 0.227 e. The highest BCUT2D eigenvalue weighted by atomic mass is 16.2. The maximum atomic E-state index is 12.1. The predicted octanol–water partition coefficient (Wildman–Crippen LogP) is 4.19. The summed E-state index contributed by atoms with van der Waals surface area (Å²) in [4.78, 5) is 25.7. The second-order valence-corrected chi connectivity index (χ2v) is 7.49. The van der Waals surface area contributed by atoms with Gasteiger partial charge in [0.15, 0.2) is 0 Å². The van der Waals surface area contributed by atoms with Crippen molar-refractivity contribution in [2.24, 2.45) is 0 Å². The normalized spacial score (nSPS) is 14.0. The zero-order chi connectivity index (χ0) is 19.2. The van der Waals surface area contributed by atoms with Crippen LogP contribution < -0.4 is 10.2 Å². The first-order chi connectivity index (χ1) is 13.0. The summed E-state index contributed by atoms with van der Waals surface area (Å²) in [5.41, 5.74) is 4.49. The van der Waals surface area contributed by atoms with Crippen molar-refractivity contribution in [2.45, 2.75) is 52.0 Å². The van der Waals surface area contributed by atoms with E-state index in [1.54, 1.807) is 0 Å². The van der Waals surface area contributed by atoms with E-state index in [2.05, 4.69) is 43.4 Å². The van der Waals surface area contributed by atoms with Crippen molar-refractivity contribution in [3.8, 4) is 0 Å². The molecule has 4 heteroatoms. The first kappa shape index (κ1) is 19.2. The van der Waals surface area contributed by atoms with Gasteiger partial charge in [-0.3, -0.25) is 9.59 Å². The number of nitrogens with zero attached hydrogens (tertiary/aromatic N) is 1. The number of amides is 2. The summed E-state index contributed by atoms with van der Waals surface area (Å²) in [5.74, 6) is 0.775. The number of carbonyl (C=O) groups excluding carboxylic acids is 2. The number of anilines is 1. The average Bonchev–Trinajstić information content (AvgIpc) is 3.11. The van der Waals surface area contributed by atoms with Crippen LogP contribution >= 0.6 is 0 Å². The second-order valence-electron chi connectivity index (χ2n) is 7.49. The van der Waals surface area contributed by atoms with Gasteiger partial charge < -0.3 is 10.2 Å². The lowest BCUT2D eigenvalue weighted by atomic mass is 10.0. The molecule has 0 bridgehead atoms. The van der Waals surface area contributed by atoms with Crippen LogP contribution in [0.5, 0.6) is 0 Å². The molecule has 0 unspecified atom stereocenters. The number of nitrogens with one attached hydrogen (secondary N) is 1. The van der Waals surface area contributed by atoms with Crippen LogP contribution in [0.25, 0.3) is 0 Å². The molecule has 4 nitrogen and oxygen atoms in total. The Labute approximate surface area is 161 Å². The molecule has 0 radical (unpaired) electrons. The molecule has 0 aliphatic carbocycles. The molecule has 0 spiro atoms. The van der Waals surface area contributed by atoms with E-state index in [-0.39, 0.29) is 11.8 Å². The van der Waals surface area contributed by atoms with Crippen molar-refractivity contribution >= 4 is 17.5 Å². The Morgan fingerprint density at radius 2 is 1.70 bits per heavy atom. The molecule has 1 fully saturated rings. The fraction of sp³-hybridized carbons (Fsp3) is 0.391. The predicted molar refractivity (Wildman–Crippen MR) is 109 cm³/mol. The third-order valence-electron chi connectivity index (χ3n) is 5.10. The maximum absolute atomic E-state index is 12.1. The molecule has 142 valence electrons. The molecule has 0 saturated carbocycles. The lowest BCUT2D eigenvalue weighted by Crippen LogP contribution is -2.24. The van der Waals surface area contributed by atoms with E-state index in [0.717, 1.165) is 30.6 Å². The van der Waals surface area contributed by atoms with Crippen molar-refractivity contribution < 1.29 is 9.59 Å². The Kier molecular flexibility index (Phi) is 6.28. The number of benzene rings is 2. The van der Waals surface area contributed by atoms with Crippen LogP contribution in [0, 0.1) is 0 Å². The van der Waals surface area contributed by atoms with Crippen LogP contribution in [0.2, 0.25) is 0 Å². The number of carbonyl (C=O) groups is 2. The molecule has 1 aliphatic rings. The average molecular weight is 364 g/mol. The van der Waals surface area contributed by atoms with Gasteiger partial charge in [-0.2, -0.15) is 0 Å². The number of hydrogen-bond donors (Lipinski definition) is 1. The Hall–Kier alpha value is -2.62. The monoisotopic (exact) mass is 364 g/mol. The molecule has 0 atom stereocenters. The fourth-order valence-corrected chi connectivity index (χ4v) is 3.33. The highest BCUT2D eigenvalue weighted by Crippen LogP contribution is 2.21. The summed E-state index contributed by atoms with van der Waals surface area (Å²) in [5, 5.41) is 2.98. The second kappa shape index (κ2) is 8.85. The van der Waals surface area contributed by atoms with Crippen LogP contribution in [-0.4, -0.2) is 18.4 Å². The van der Waals surface area contributed by atoms with Gasteiger partial charge in [0, 0.05) is 31.6 Å². The lowest BCUT2D eigenvalue weighted by molar-refractivity contribution is -0.121. The Balaban J connectivity index is 1.44. The van der Waals surface area contributed by atoms with E-state index >= 15 is 0 Å². The molecule has 1 aliphatic heterocycles. The molecule has 3 rings (SSSR count). The number of aryl methyl sites for hydroxylation is 1. The summed E-state index contributed by atoms with van der Waals surface area (Å²) >= 11 is 0. The van der Waals surface area contributed by atoms with Gasteiger partial charge in [0.05, 0.1) is 0 Å². The Morgan fingerprint density at radius 3 is 2.30 bits per heavy atom. The van der Waals surface area contributed by atoms with Crippen molar-refractivity contribution in [1.29, 1.82) is 0 Å². The fourth-order valence-electron chi connectivity index (χ4n) is 3.33. The molecule has 1 saturated heterocycles. The first-order valence-electron chi connectivity index (χ1n) is 9.78. The molecule has 1 N–H and O–H groups in total. The van der Waals surface area contributed by atoms with Gasteiger partial charge in [-0.1, -0.05) is 50.2 Å². The summed E-state index contributed by atoms with van der Waals surface area (Å²) in [7, 11) is 0. The molecule has 2 aromatic rings. The van der Waals surface area contributed by atoms with Crippen molar-refractivity contribution in [1.82, 2.24) is 5.32 Å². The van der Waals surface area contributed by atoms with E-state index in [4.69, 9.17) is 0 Å². The lowest BCUT2D eigenvalue weighted by Gasteiger charge is -2.16. The zero-order valence-corrected chi connectivity index (χ0v) is 16.2. The quantitative estimate of drug-likeness (QED) is 0.801. The van der Waals surface area contributed by atoms with Gasteiger partial charge >= 0.3 is 0 Å². The molecule has 0 aromatic heterocycles. The molecular formula is C23H28N2O2. The standard InChI is InChI=1S/C23H28N2O2/c1-17(2)20-10-5-18(6-11-20)9-14-22(26)24-16-19-7-12-21(13-8-19)25-15-3-4-23(25)27/h5-8,10-13,17H,3-4,9,14-16H2,1-2H3,(H,24,26). The van der Waals surface area contributed by atoms with E-state index in [1.807, 2.05) is 29.2 Å². The molecule has 27 heavy (non-hydrogen) atoms. The molecule has 1 heterocycles. The highest BCUT2D eigenvalue weighted by Gasteiger charge is 2.21. The third kappa shape index (κ3) is 5.19. The summed E-state index contributed by atoms with van der Waals surface area (Å²) in [6.07, 6.45) is 2.80. The van der Waals surface area contributed by atoms with Crippen LogP contribution in [0.3, 0.4) is 0 Å². The summed E-state index contributed by atoms with van der Waals surface area (Å²) in [6, 6.07) is 16.4. The zero-order valence-electron chi connectivity index (χ0n) is 16.2. The highest BCUT2D eigenvalue weighted by molar-refractivity contribution is 5.95.